The predicted octanol–water partition coefficient (Wildman–Crippen LogP) is 0.170. The molecule has 1 atom stereocenters. The first-order valence-corrected chi connectivity index (χ1v) is 6.00. The Balaban J connectivity index is 2.15. The normalized spacial score (nSPS) is 12.2. The molecule has 7 nitrogen and oxygen atoms in total. The van der Waals surface area contributed by atoms with Crippen LogP contribution < -0.4 is 11.2 Å². The van der Waals surface area contributed by atoms with Crippen molar-refractivity contribution in [1.82, 2.24) is 10.3 Å². The van der Waals surface area contributed by atoms with Crippen molar-refractivity contribution in [3.05, 3.63) is 36.0 Å². The number of H-pyrrole nitrogens is 1. The predicted molar refractivity (Wildman–Crippen MR) is 71.7 cm³/mol. The average Bonchev–Trinajstić information content (AvgIpc) is 2.82. The SMILES string of the molecule is NOCC(=O)NC(Cc1c[nH]c2ccccc12)C(=O)O. The van der Waals surface area contributed by atoms with Crippen LogP contribution in [0.2, 0.25) is 0 Å². The number of carboxylic acids is 1. The average molecular weight is 277 g/mol. The van der Waals surface area contributed by atoms with E-state index in [4.69, 9.17) is 11.0 Å². The third-order valence-corrected chi connectivity index (χ3v) is 2.95. The Morgan fingerprint density at radius 1 is 1.40 bits per heavy atom. The van der Waals surface area contributed by atoms with E-state index in [1.807, 2.05) is 24.3 Å². The summed E-state index contributed by atoms with van der Waals surface area (Å²) in [4.78, 5) is 29.8. The molecule has 2 aromatic rings. The lowest BCUT2D eigenvalue weighted by Crippen LogP contribution is -2.44. The molecule has 0 aliphatic carbocycles. The molecule has 7 heteroatoms. The highest BCUT2D eigenvalue weighted by Gasteiger charge is 2.21. The van der Waals surface area contributed by atoms with E-state index in [0.29, 0.717) is 0 Å². The van der Waals surface area contributed by atoms with E-state index >= 15 is 0 Å². The molecule has 0 aliphatic rings. The van der Waals surface area contributed by atoms with Crippen molar-refractivity contribution in [3.8, 4) is 0 Å². The Labute approximate surface area is 114 Å². The van der Waals surface area contributed by atoms with E-state index in [1.54, 1.807) is 6.20 Å². The minimum Gasteiger partial charge on any atom is -0.480 e. The van der Waals surface area contributed by atoms with Crippen LogP contribution in [0.5, 0.6) is 0 Å². The van der Waals surface area contributed by atoms with E-state index < -0.39 is 17.9 Å². The standard InChI is InChI=1S/C13H15N3O4/c14-20-7-12(17)16-11(13(18)19)5-8-6-15-10-4-2-1-3-9(8)10/h1-4,6,11,15H,5,7,14H2,(H,16,17)(H,18,19). The third kappa shape index (κ3) is 3.14. The van der Waals surface area contributed by atoms with E-state index in [9.17, 15) is 9.59 Å². The van der Waals surface area contributed by atoms with Gasteiger partial charge in [-0.15, -0.1) is 0 Å². The smallest absolute Gasteiger partial charge is 0.326 e. The van der Waals surface area contributed by atoms with Gasteiger partial charge in [0.05, 0.1) is 0 Å². The van der Waals surface area contributed by atoms with Crippen molar-refractivity contribution in [3.63, 3.8) is 0 Å². The van der Waals surface area contributed by atoms with Crippen LogP contribution in [0.15, 0.2) is 30.5 Å². The summed E-state index contributed by atoms with van der Waals surface area (Å²) < 4.78 is 0. The lowest BCUT2D eigenvalue weighted by Gasteiger charge is -2.13. The third-order valence-electron chi connectivity index (χ3n) is 2.95. The lowest BCUT2D eigenvalue weighted by molar-refractivity contribution is -0.142. The lowest BCUT2D eigenvalue weighted by atomic mass is 10.1. The highest BCUT2D eigenvalue weighted by Crippen LogP contribution is 2.19. The molecule has 0 radical (unpaired) electrons. The second kappa shape index (κ2) is 6.18. The van der Waals surface area contributed by atoms with Crippen molar-refractivity contribution in [2.24, 2.45) is 5.90 Å². The van der Waals surface area contributed by atoms with Crippen LogP contribution >= 0.6 is 0 Å². The summed E-state index contributed by atoms with van der Waals surface area (Å²) >= 11 is 0. The number of benzene rings is 1. The van der Waals surface area contributed by atoms with E-state index in [1.165, 1.54) is 0 Å². The number of nitrogens with two attached hydrogens (primary N) is 1. The molecule has 0 saturated heterocycles. The summed E-state index contributed by atoms with van der Waals surface area (Å²) in [7, 11) is 0. The van der Waals surface area contributed by atoms with Crippen LogP contribution in [0.3, 0.4) is 0 Å². The summed E-state index contributed by atoms with van der Waals surface area (Å²) in [5.41, 5.74) is 1.74. The number of aromatic amines is 1. The summed E-state index contributed by atoms with van der Waals surface area (Å²) in [6.45, 7) is -0.377. The Morgan fingerprint density at radius 2 is 2.15 bits per heavy atom. The van der Waals surface area contributed by atoms with Crippen LogP contribution in [0.25, 0.3) is 10.9 Å². The zero-order chi connectivity index (χ0) is 14.5. The molecule has 1 amide bonds. The maximum absolute atomic E-state index is 11.4. The number of aromatic nitrogens is 1. The van der Waals surface area contributed by atoms with Crippen molar-refractivity contribution < 1.29 is 19.5 Å². The molecule has 0 fully saturated rings. The Kier molecular flexibility index (Phi) is 4.34. The van der Waals surface area contributed by atoms with Crippen LogP contribution in [0.4, 0.5) is 0 Å². The maximum Gasteiger partial charge on any atom is 0.326 e. The summed E-state index contributed by atoms with van der Waals surface area (Å²) in [6, 6.07) is 6.52. The molecule has 1 heterocycles. The summed E-state index contributed by atoms with van der Waals surface area (Å²) in [6.07, 6.45) is 1.92. The quantitative estimate of drug-likeness (QED) is 0.561. The van der Waals surface area contributed by atoms with E-state index in [2.05, 4.69) is 15.1 Å². The van der Waals surface area contributed by atoms with Crippen molar-refractivity contribution in [2.45, 2.75) is 12.5 Å². The first kappa shape index (κ1) is 14.0. The van der Waals surface area contributed by atoms with Gasteiger partial charge in [-0.2, -0.15) is 0 Å². The van der Waals surface area contributed by atoms with Gasteiger partial charge < -0.3 is 15.4 Å². The first-order valence-electron chi connectivity index (χ1n) is 6.00. The second-order valence-corrected chi connectivity index (χ2v) is 4.33. The summed E-state index contributed by atoms with van der Waals surface area (Å²) in [5, 5.41) is 12.5. The van der Waals surface area contributed by atoms with E-state index in [-0.39, 0.29) is 13.0 Å². The number of para-hydroxylation sites is 1. The van der Waals surface area contributed by atoms with Gasteiger partial charge in [0.2, 0.25) is 5.91 Å². The van der Waals surface area contributed by atoms with Gasteiger partial charge in [0.25, 0.3) is 0 Å². The zero-order valence-electron chi connectivity index (χ0n) is 10.6. The number of amides is 1. The molecule has 5 N–H and O–H groups in total. The molecule has 1 aromatic carbocycles. The van der Waals surface area contributed by atoms with Gasteiger partial charge >= 0.3 is 5.97 Å². The molecule has 0 aliphatic heterocycles. The fraction of sp³-hybridized carbons (Fsp3) is 0.231. The first-order chi connectivity index (χ1) is 9.61. The number of carbonyl (C=O) groups excluding carboxylic acids is 1. The molecule has 20 heavy (non-hydrogen) atoms. The molecule has 0 saturated carbocycles. The summed E-state index contributed by atoms with van der Waals surface area (Å²) in [5.74, 6) is 3.10. The topological polar surface area (TPSA) is 117 Å². The van der Waals surface area contributed by atoms with E-state index in [0.717, 1.165) is 16.5 Å². The van der Waals surface area contributed by atoms with Crippen LogP contribution in [0.1, 0.15) is 5.56 Å². The number of hydrogen-bond acceptors (Lipinski definition) is 4. The number of carbonyl (C=O) groups is 2. The molecule has 1 aromatic heterocycles. The van der Waals surface area contributed by atoms with Crippen LogP contribution in [0, 0.1) is 0 Å². The number of rotatable bonds is 6. The molecule has 0 bridgehead atoms. The van der Waals surface area contributed by atoms with Gasteiger partial charge in [0.15, 0.2) is 0 Å². The number of carboxylic acid groups (broad SMARTS) is 1. The number of fused-ring (bicyclic) bond motifs is 1. The minimum atomic E-state index is -1.11. The molecule has 2 rings (SSSR count). The van der Waals surface area contributed by atoms with Crippen molar-refractivity contribution in [2.75, 3.05) is 6.61 Å². The van der Waals surface area contributed by atoms with Crippen LogP contribution in [-0.2, 0) is 20.8 Å². The fourth-order valence-electron chi connectivity index (χ4n) is 2.03. The molecular formula is C13H15N3O4. The fourth-order valence-corrected chi connectivity index (χ4v) is 2.03. The monoisotopic (exact) mass is 277 g/mol. The van der Waals surface area contributed by atoms with Crippen molar-refractivity contribution >= 4 is 22.8 Å². The van der Waals surface area contributed by atoms with Crippen LogP contribution in [-0.4, -0.2) is 34.6 Å². The molecule has 0 spiro atoms. The highest BCUT2D eigenvalue weighted by molar-refractivity contribution is 5.87. The zero-order valence-corrected chi connectivity index (χ0v) is 10.6. The Bertz CT molecular complexity index is 623. The number of nitrogens with one attached hydrogen (secondary N) is 2. The van der Waals surface area contributed by atoms with Gasteiger partial charge in [-0.25, -0.2) is 10.7 Å². The number of hydrogen-bond donors (Lipinski definition) is 4. The molecule has 106 valence electrons. The van der Waals surface area contributed by atoms with Crippen molar-refractivity contribution in [1.29, 1.82) is 0 Å². The Hall–Kier alpha value is -2.38. The Morgan fingerprint density at radius 3 is 2.85 bits per heavy atom. The number of aliphatic carboxylic acids is 1. The van der Waals surface area contributed by atoms with Gasteiger partial charge in [0.1, 0.15) is 12.6 Å². The highest BCUT2D eigenvalue weighted by atomic mass is 16.6. The van der Waals surface area contributed by atoms with Gasteiger partial charge in [-0.3, -0.25) is 9.63 Å². The van der Waals surface area contributed by atoms with Gasteiger partial charge in [-0.1, -0.05) is 18.2 Å². The largest absolute Gasteiger partial charge is 0.480 e. The second-order valence-electron chi connectivity index (χ2n) is 4.33. The molecular weight excluding hydrogens is 262 g/mol. The van der Waals surface area contributed by atoms with Gasteiger partial charge in [-0.05, 0) is 11.6 Å². The minimum absolute atomic E-state index is 0.176. The maximum atomic E-state index is 11.4. The van der Waals surface area contributed by atoms with Gasteiger partial charge in [0, 0.05) is 23.5 Å². The molecule has 1 unspecified atom stereocenters.